The van der Waals surface area contributed by atoms with Crippen molar-refractivity contribution < 1.29 is 4.79 Å². The number of benzene rings is 2. The molecule has 4 rings (SSSR count). The Morgan fingerprint density at radius 1 is 1.07 bits per heavy atom. The van der Waals surface area contributed by atoms with Crippen LogP contribution >= 0.6 is 0 Å². The number of fused-ring (bicyclic) bond motifs is 1. The number of nitrogens with zero attached hydrogens (tertiary/aromatic N) is 3. The van der Waals surface area contributed by atoms with Crippen LogP contribution in [0.4, 0.5) is 0 Å². The largest absolute Gasteiger partial charge is 0.343 e. The molecule has 0 aliphatic carbocycles. The molecule has 5 heteroatoms. The quantitative estimate of drug-likeness (QED) is 0.701. The predicted molar refractivity (Wildman–Crippen MR) is 110 cm³/mol. The summed E-state index contributed by atoms with van der Waals surface area (Å²) in [4.78, 5) is 31.6. The molecule has 1 aliphatic heterocycles. The molecular formula is C23H25N3O2. The molecule has 0 saturated carbocycles. The number of rotatable bonds is 4. The Morgan fingerprint density at radius 3 is 2.57 bits per heavy atom. The minimum atomic E-state index is -0.0794. The Balaban J connectivity index is 1.37. The van der Waals surface area contributed by atoms with Gasteiger partial charge in [-0.2, -0.15) is 0 Å². The zero-order valence-electron chi connectivity index (χ0n) is 16.2. The summed E-state index contributed by atoms with van der Waals surface area (Å²) in [7, 11) is 0. The van der Waals surface area contributed by atoms with Crippen molar-refractivity contribution in [3.8, 4) is 0 Å². The molecule has 28 heavy (non-hydrogen) atoms. The van der Waals surface area contributed by atoms with Gasteiger partial charge < -0.3 is 4.90 Å². The highest BCUT2D eigenvalue weighted by molar-refractivity contribution is 5.80. The number of hydrogen-bond acceptors (Lipinski definition) is 3. The molecule has 1 aliphatic rings. The lowest BCUT2D eigenvalue weighted by Gasteiger charge is -2.32. The summed E-state index contributed by atoms with van der Waals surface area (Å²) < 4.78 is 1.55. The first-order chi connectivity index (χ1) is 13.6. The van der Waals surface area contributed by atoms with Gasteiger partial charge in [0.15, 0.2) is 0 Å². The number of piperidine rings is 1. The van der Waals surface area contributed by atoms with Gasteiger partial charge in [0.1, 0.15) is 0 Å². The molecular weight excluding hydrogens is 350 g/mol. The Morgan fingerprint density at radius 2 is 1.82 bits per heavy atom. The van der Waals surface area contributed by atoms with Gasteiger partial charge in [-0.05, 0) is 42.9 Å². The lowest BCUT2D eigenvalue weighted by molar-refractivity contribution is -0.132. The molecule has 2 heterocycles. The van der Waals surface area contributed by atoms with E-state index in [9.17, 15) is 9.59 Å². The number of carbonyl (C=O) groups is 1. The van der Waals surface area contributed by atoms with E-state index < -0.39 is 0 Å². The molecule has 1 fully saturated rings. The van der Waals surface area contributed by atoms with Crippen molar-refractivity contribution >= 4 is 16.8 Å². The van der Waals surface area contributed by atoms with Crippen molar-refractivity contribution in [3.05, 3.63) is 76.3 Å². The molecule has 3 aromatic rings. The molecule has 144 valence electrons. The number of amides is 1. The van der Waals surface area contributed by atoms with Crippen LogP contribution in [0.1, 0.15) is 36.3 Å². The lowest BCUT2D eigenvalue weighted by atomic mass is 9.89. The zero-order chi connectivity index (χ0) is 19.5. The fourth-order valence-electron chi connectivity index (χ4n) is 4.06. The molecule has 0 unspecified atom stereocenters. The SMILES string of the molecule is Cc1cccc2c(=O)n(CCC(=O)N3CCC(c4ccccc4)CC3)cnc12. The number of hydrogen-bond donors (Lipinski definition) is 0. The first-order valence-electron chi connectivity index (χ1n) is 9.91. The van der Waals surface area contributed by atoms with Crippen LogP contribution in [-0.4, -0.2) is 33.4 Å². The average molecular weight is 375 g/mol. The van der Waals surface area contributed by atoms with Crippen LogP contribution in [0.3, 0.4) is 0 Å². The number of carbonyl (C=O) groups excluding carboxylic acids is 1. The second-order valence-corrected chi connectivity index (χ2v) is 7.53. The first kappa shape index (κ1) is 18.4. The highest BCUT2D eigenvalue weighted by atomic mass is 16.2. The minimum absolute atomic E-state index is 0.0794. The fraction of sp³-hybridized carbons (Fsp3) is 0.348. The van der Waals surface area contributed by atoms with Crippen LogP contribution in [0.25, 0.3) is 10.9 Å². The molecule has 1 saturated heterocycles. The first-order valence-corrected chi connectivity index (χ1v) is 9.91. The van der Waals surface area contributed by atoms with E-state index in [1.165, 1.54) is 5.56 Å². The summed E-state index contributed by atoms with van der Waals surface area (Å²) in [5.41, 5.74) is 3.00. The monoisotopic (exact) mass is 375 g/mol. The van der Waals surface area contributed by atoms with E-state index in [4.69, 9.17) is 0 Å². The summed E-state index contributed by atoms with van der Waals surface area (Å²) >= 11 is 0. The van der Waals surface area contributed by atoms with Gasteiger partial charge in [0.05, 0.1) is 17.2 Å². The summed E-state index contributed by atoms with van der Waals surface area (Å²) in [6, 6.07) is 16.1. The third-order valence-electron chi connectivity index (χ3n) is 5.74. The number of aromatic nitrogens is 2. The minimum Gasteiger partial charge on any atom is -0.343 e. The second kappa shape index (κ2) is 7.97. The van der Waals surface area contributed by atoms with Gasteiger partial charge >= 0.3 is 0 Å². The van der Waals surface area contributed by atoms with Crippen molar-refractivity contribution in [3.63, 3.8) is 0 Å². The second-order valence-electron chi connectivity index (χ2n) is 7.53. The maximum absolute atomic E-state index is 12.7. The van der Waals surface area contributed by atoms with Crippen LogP contribution in [0.5, 0.6) is 0 Å². The molecule has 1 amide bonds. The smallest absolute Gasteiger partial charge is 0.261 e. The van der Waals surface area contributed by atoms with Crippen LogP contribution in [0.15, 0.2) is 59.7 Å². The van der Waals surface area contributed by atoms with Gasteiger partial charge in [0, 0.05) is 26.1 Å². The van der Waals surface area contributed by atoms with E-state index in [0.717, 1.165) is 37.0 Å². The van der Waals surface area contributed by atoms with Gasteiger partial charge in [-0.1, -0.05) is 42.5 Å². The Hall–Kier alpha value is -2.95. The van der Waals surface area contributed by atoms with Crippen molar-refractivity contribution in [2.45, 2.75) is 38.6 Å². The number of likely N-dealkylation sites (tertiary alicyclic amines) is 1. The van der Waals surface area contributed by atoms with E-state index in [1.807, 2.05) is 30.0 Å². The van der Waals surface area contributed by atoms with Crippen molar-refractivity contribution in [1.29, 1.82) is 0 Å². The molecule has 0 N–H and O–H groups in total. The maximum Gasteiger partial charge on any atom is 0.261 e. The van der Waals surface area contributed by atoms with Crippen molar-refractivity contribution in [2.24, 2.45) is 0 Å². The van der Waals surface area contributed by atoms with E-state index in [1.54, 1.807) is 17.0 Å². The molecule has 0 spiro atoms. The Labute approximate surface area is 164 Å². The molecule has 1 aromatic heterocycles. The van der Waals surface area contributed by atoms with Gasteiger partial charge in [-0.15, -0.1) is 0 Å². The maximum atomic E-state index is 12.7. The third kappa shape index (κ3) is 3.70. The number of aryl methyl sites for hydroxylation is 2. The van der Waals surface area contributed by atoms with Gasteiger partial charge in [0.25, 0.3) is 5.56 Å². The van der Waals surface area contributed by atoms with E-state index in [2.05, 4.69) is 29.2 Å². The van der Waals surface area contributed by atoms with Crippen molar-refractivity contribution in [1.82, 2.24) is 14.5 Å². The highest BCUT2D eigenvalue weighted by Gasteiger charge is 2.23. The zero-order valence-corrected chi connectivity index (χ0v) is 16.2. The highest BCUT2D eigenvalue weighted by Crippen LogP contribution is 2.27. The average Bonchev–Trinajstić information content (AvgIpc) is 2.74. The molecule has 0 atom stereocenters. The summed E-state index contributed by atoms with van der Waals surface area (Å²) in [5.74, 6) is 0.642. The van der Waals surface area contributed by atoms with Crippen molar-refractivity contribution in [2.75, 3.05) is 13.1 Å². The molecule has 2 aromatic carbocycles. The molecule has 5 nitrogen and oxygen atoms in total. The summed E-state index contributed by atoms with van der Waals surface area (Å²) in [5, 5.41) is 0.610. The standard InChI is InChI=1S/C23H25N3O2/c1-17-6-5-9-20-22(17)24-16-26(23(20)28)15-12-21(27)25-13-10-19(11-14-25)18-7-3-2-4-8-18/h2-9,16,19H,10-15H2,1H3. The van der Waals surface area contributed by atoms with Crippen LogP contribution in [0, 0.1) is 6.92 Å². The van der Waals surface area contributed by atoms with Gasteiger partial charge in [0.2, 0.25) is 5.91 Å². The fourth-order valence-corrected chi connectivity index (χ4v) is 4.06. The van der Waals surface area contributed by atoms with Crippen LogP contribution in [-0.2, 0) is 11.3 Å². The molecule has 0 bridgehead atoms. The summed E-state index contributed by atoms with van der Waals surface area (Å²) in [6.07, 6.45) is 3.88. The van der Waals surface area contributed by atoms with E-state index >= 15 is 0 Å². The topological polar surface area (TPSA) is 55.2 Å². The normalized spacial score (nSPS) is 15.1. The third-order valence-corrected chi connectivity index (χ3v) is 5.74. The summed E-state index contributed by atoms with van der Waals surface area (Å²) in [6.45, 7) is 3.87. The predicted octanol–water partition coefficient (Wildman–Crippen LogP) is 3.50. The Bertz CT molecular complexity index is 1030. The van der Waals surface area contributed by atoms with Crippen LogP contribution in [0.2, 0.25) is 0 Å². The Kier molecular flexibility index (Phi) is 5.24. The lowest BCUT2D eigenvalue weighted by Crippen LogP contribution is -2.38. The van der Waals surface area contributed by atoms with Gasteiger partial charge in [-0.3, -0.25) is 14.2 Å². The van der Waals surface area contributed by atoms with Gasteiger partial charge in [-0.25, -0.2) is 4.98 Å². The molecule has 0 radical (unpaired) electrons. The van der Waals surface area contributed by atoms with E-state index in [0.29, 0.717) is 24.3 Å². The van der Waals surface area contributed by atoms with E-state index in [-0.39, 0.29) is 11.5 Å². The number of para-hydroxylation sites is 1. The van der Waals surface area contributed by atoms with Crippen LogP contribution < -0.4 is 5.56 Å².